The summed E-state index contributed by atoms with van der Waals surface area (Å²) in [6.45, 7) is 6.19. The summed E-state index contributed by atoms with van der Waals surface area (Å²) in [7, 11) is 0. The number of hydrogen-bond acceptors (Lipinski definition) is 6. The van der Waals surface area contributed by atoms with Gasteiger partial charge in [-0.2, -0.15) is 0 Å². The maximum atomic E-state index is 12.8. The highest BCUT2D eigenvalue weighted by Gasteiger charge is 2.19. The lowest BCUT2D eigenvalue weighted by atomic mass is 10.1. The first-order valence-electron chi connectivity index (χ1n) is 25.2. The number of ether oxygens (including phenoxy) is 3. The zero-order chi connectivity index (χ0) is 46.5. The zero-order valence-electron chi connectivity index (χ0n) is 40.7. The molecule has 1 atom stereocenters. The minimum Gasteiger partial charge on any atom is -0.462 e. The average Bonchev–Trinajstić information content (AvgIpc) is 3.29. The summed E-state index contributed by atoms with van der Waals surface area (Å²) in [5, 5.41) is 0. The van der Waals surface area contributed by atoms with Crippen LogP contribution >= 0.6 is 0 Å². The van der Waals surface area contributed by atoms with E-state index in [0.717, 1.165) is 154 Å². The van der Waals surface area contributed by atoms with Crippen molar-refractivity contribution in [2.24, 2.45) is 0 Å². The Morgan fingerprint density at radius 3 is 1.08 bits per heavy atom. The van der Waals surface area contributed by atoms with Gasteiger partial charge in [-0.3, -0.25) is 14.4 Å². The Bertz CT molecular complexity index is 1430. The van der Waals surface area contributed by atoms with Crippen molar-refractivity contribution < 1.29 is 28.6 Å². The number of rotatable bonds is 43. The fourth-order valence-corrected chi connectivity index (χ4v) is 6.28. The molecular weight excluding hydrogens is 793 g/mol. The van der Waals surface area contributed by atoms with Gasteiger partial charge in [-0.15, -0.1) is 0 Å². The van der Waals surface area contributed by atoms with Gasteiger partial charge in [0.2, 0.25) is 0 Å². The second-order valence-corrected chi connectivity index (χ2v) is 16.0. The van der Waals surface area contributed by atoms with Crippen molar-refractivity contribution in [2.45, 2.75) is 200 Å². The molecule has 0 aromatic heterocycles. The van der Waals surface area contributed by atoms with E-state index < -0.39 is 6.10 Å². The Kier molecular flexibility index (Phi) is 47.6. The predicted molar refractivity (Wildman–Crippen MR) is 274 cm³/mol. The molecule has 358 valence electrons. The summed E-state index contributed by atoms with van der Waals surface area (Å²) < 4.78 is 16.7. The number of unbranched alkanes of at least 4 members (excludes halogenated alkanes) is 13. The van der Waals surface area contributed by atoms with E-state index in [1.54, 1.807) is 0 Å². The molecule has 0 aliphatic rings. The largest absolute Gasteiger partial charge is 0.462 e. The average molecular weight is 883 g/mol. The molecule has 0 aliphatic heterocycles. The molecule has 0 heterocycles. The maximum absolute atomic E-state index is 12.8. The summed E-state index contributed by atoms with van der Waals surface area (Å²) in [5.74, 6) is -0.993. The highest BCUT2D eigenvalue weighted by Crippen LogP contribution is 2.12. The number of esters is 3. The molecule has 0 rings (SSSR count). The smallest absolute Gasteiger partial charge is 0.306 e. The molecular formula is C58H90O6. The molecule has 6 heteroatoms. The molecule has 0 bridgehead atoms. The minimum absolute atomic E-state index is 0.111. The van der Waals surface area contributed by atoms with Gasteiger partial charge in [0, 0.05) is 19.3 Å². The van der Waals surface area contributed by atoms with E-state index >= 15 is 0 Å². The van der Waals surface area contributed by atoms with Crippen LogP contribution in [-0.4, -0.2) is 37.2 Å². The van der Waals surface area contributed by atoms with Crippen LogP contribution in [0, 0.1) is 0 Å². The van der Waals surface area contributed by atoms with Gasteiger partial charge in [0.1, 0.15) is 13.2 Å². The maximum Gasteiger partial charge on any atom is 0.306 e. The van der Waals surface area contributed by atoms with Crippen LogP contribution < -0.4 is 0 Å². The van der Waals surface area contributed by atoms with E-state index in [9.17, 15) is 14.4 Å². The lowest BCUT2D eigenvalue weighted by Crippen LogP contribution is -2.30. The number of allylic oxidation sites excluding steroid dienone is 22. The predicted octanol–water partition coefficient (Wildman–Crippen LogP) is 16.7. The summed E-state index contributed by atoms with van der Waals surface area (Å²) in [6.07, 6.45) is 71.5. The Balaban J connectivity index is 4.52. The van der Waals surface area contributed by atoms with Crippen LogP contribution in [0.15, 0.2) is 134 Å². The Labute approximate surface area is 392 Å². The summed E-state index contributed by atoms with van der Waals surface area (Å²) in [6, 6.07) is 0. The third-order valence-electron chi connectivity index (χ3n) is 9.98. The van der Waals surface area contributed by atoms with Gasteiger partial charge in [0.15, 0.2) is 6.10 Å². The molecule has 0 saturated carbocycles. The molecule has 0 saturated heterocycles. The third-order valence-corrected chi connectivity index (χ3v) is 9.98. The molecule has 0 N–H and O–H groups in total. The Morgan fingerprint density at radius 1 is 0.328 bits per heavy atom. The standard InChI is InChI=1S/C58H90O6/c1-4-7-10-13-16-19-22-25-27-28-29-30-32-33-36-39-42-45-48-51-57(60)63-54-55(53-62-56(59)50-47-44-41-38-35-24-21-18-15-12-9-6-3)64-58(61)52-49-46-43-40-37-34-31-26-23-20-17-14-11-8-5-2/h7-12,14,16-21,23,25-27,29-31,33,36,55H,4-6,13,15,22,24,28,32,34-35,37-54H2,1-3H3/b10-7-,11-8-,12-9-,17-14-,19-16-,21-18-,23-20-,27-25-,30-29-,31-26-,36-33-. The second-order valence-electron chi connectivity index (χ2n) is 16.0. The van der Waals surface area contributed by atoms with Crippen molar-refractivity contribution in [3.63, 3.8) is 0 Å². The Morgan fingerprint density at radius 2 is 0.641 bits per heavy atom. The highest BCUT2D eigenvalue weighted by atomic mass is 16.6. The fourth-order valence-electron chi connectivity index (χ4n) is 6.28. The molecule has 0 amide bonds. The first-order valence-corrected chi connectivity index (χ1v) is 25.2. The Hall–Kier alpha value is -4.45. The molecule has 0 fully saturated rings. The lowest BCUT2D eigenvalue weighted by Gasteiger charge is -2.18. The van der Waals surface area contributed by atoms with Crippen molar-refractivity contribution in [3.05, 3.63) is 134 Å². The van der Waals surface area contributed by atoms with Crippen LogP contribution in [0.1, 0.15) is 194 Å². The van der Waals surface area contributed by atoms with E-state index in [0.29, 0.717) is 12.8 Å². The van der Waals surface area contributed by atoms with Crippen LogP contribution in [0.25, 0.3) is 0 Å². The quantitative estimate of drug-likeness (QED) is 0.0200. The second kappa shape index (κ2) is 51.2. The zero-order valence-corrected chi connectivity index (χ0v) is 40.7. The lowest BCUT2D eigenvalue weighted by molar-refractivity contribution is -0.167. The summed E-state index contributed by atoms with van der Waals surface area (Å²) in [4.78, 5) is 38.0. The van der Waals surface area contributed by atoms with Crippen LogP contribution in [0.3, 0.4) is 0 Å². The molecule has 0 spiro atoms. The van der Waals surface area contributed by atoms with E-state index in [4.69, 9.17) is 14.2 Å². The molecule has 64 heavy (non-hydrogen) atoms. The third kappa shape index (κ3) is 48.6. The monoisotopic (exact) mass is 883 g/mol. The topological polar surface area (TPSA) is 78.9 Å². The first-order chi connectivity index (χ1) is 31.5. The van der Waals surface area contributed by atoms with E-state index in [2.05, 4.69) is 130 Å². The highest BCUT2D eigenvalue weighted by molar-refractivity contribution is 5.71. The van der Waals surface area contributed by atoms with E-state index in [1.807, 2.05) is 24.3 Å². The minimum atomic E-state index is -0.814. The van der Waals surface area contributed by atoms with Gasteiger partial charge in [0.05, 0.1) is 0 Å². The van der Waals surface area contributed by atoms with Crippen LogP contribution in [0.5, 0.6) is 0 Å². The summed E-state index contributed by atoms with van der Waals surface area (Å²) >= 11 is 0. The molecule has 1 unspecified atom stereocenters. The first kappa shape index (κ1) is 59.5. The van der Waals surface area contributed by atoms with Crippen LogP contribution in [-0.2, 0) is 28.6 Å². The van der Waals surface area contributed by atoms with Crippen molar-refractivity contribution in [1.82, 2.24) is 0 Å². The molecule has 0 aromatic rings. The molecule has 6 nitrogen and oxygen atoms in total. The van der Waals surface area contributed by atoms with Gasteiger partial charge in [-0.05, 0) is 109 Å². The normalized spacial score (nSPS) is 13.2. The SMILES string of the molecule is CC\C=C/C=C\C=C/C=C\CCCCCCCC(=O)OC(COC(=O)CCCCC/C=C\C/C=C\C/C=C\C/C=C\C/C=C\CC)COC(=O)CCCCCCC/C=C\C/C=C\CC. The van der Waals surface area contributed by atoms with Crippen molar-refractivity contribution in [1.29, 1.82) is 0 Å². The van der Waals surface area contributed by atoms with Gasteiger partial charge in [-0.1, -0.05) is 199 Å². The van der Waals surface area contributed by atoms with Gasteiger partial charge >= 0.3 is 17.9 Å². The van der Waals surface area contributed by atoms with Gasteiger partial charge in [-0.25, -0.2) is 0 Å². The van der Waals surface area contributed by atoms with Gasteiger partial charge in [0.25, 0.3) is 0 Å². The van der Waals surface area contributed by atoms with Gasteiger partial charge < -0.3 is 14.2 Å². The van der Waals surface area contributed by atoms with Crippen molar-refractivity contribution in [2.75, 3.05) is 13.2 Å². The fraction of sp³-hybridized carbons (Fsp3) is 0.569. The molecule has 0 radical (unpaired) electrons. The van der Waals surface area contributed by atoms with Crippen molar-refractivity contribution >= 4 is 17.9 Å². The van der Waals surface area contributed by atoms with E-state index in [1.165, 1.54) is 0 Å². The van der Waals surface area contributed by atoms with E-state index in [-0.39, 0.29) is 37.5 Å². The number of hydrogen-bond donors (Lipinski definition) is 0. The van der Waals surface area contributed by atoms with Crippen LogP contribution in [0.4, 0.5) is 0 Å². The van der Waals surface area contributed by atoms with Crippen LogP contribution in [0.2, 0.25) is 0 Å². The number of carbonyl (C=O) groups is 3. The summed E-state index contributed by atoms with van der Waals surface area (Å²) in [5.41, 5.74) is 0. The molecule has 0 aliphatic carbocycles. The number of carbonyl (C=O) groups excluding carboxylic acids is 3. The van der Waals surface area contributed by atoms with Crippen molar-refractivity contribution in [3.8, 4) is 0 Å². The molecule has 0 aromatic carbocycles.